The summed E-state index contributed by atoms with van der Waals surface area (Å²) in [7, 11) is 0. The minimum Gasteiger partial charge on any atom is -0.322 e. The number of nitrogens with zero attached hydrogens (tertiary/aromatic N) is 1. The Hall–Kier alpha value is -3.61. The van der Waals surface area contributed by atoms with Crippen LogP contribution >= 0.6 is 0 Å². The Labute approximate surface area is 166 Å². The van der Waals surface area contributed by atoms with Gasteiger partial charge in [-0.25, -0.2) is 8.78 Å². The Morgan fingerprint density at radius 3 is 2.34 bits per heavy atom. The van der Waals surface area contributed by atoms with Crippen LogP contribution in [0.15, 0.2) is 60.8 Å². The number of carbonyl (C=O) groups excluding carboxylic acids is 2. The van der Waals surface area contributed by atoms with Gasteiger partial charge < -0.3 is 10.6 Å². The third-order valence-corrected chi connectivity index (χ3v) is 4.27. The highest BCUT2D eigenvalue weighted by Crippen LogP contribution is 2.24. The first-order valence-electron chi connectivity index (χ1n) is 8.98. The molecule has 0 bridgehead atoms. The Balaban J connectivity index is 1.78. The summed E-state index contributed by atoms with van der Waals surface area (Å²) in [6.45, 7) is 4.04. The molecule has 0 saturated carbocycles. The molecule has 148 valence electrons. The molecule has 0 aliphatic rings. The van der Waals surface area contributed by atoms with E-state index >= 15 is 0 Å². The molecule has 2 amide bonds. The van der Waals surface area contributed by atoms with E-state index < -0.39 is 23.4 Å². The third kappa shape index (κ3) is 4.82. The molecule has 2 aromatic carbocycles. The Kier molecular flexibility index (Phi) is 5.97. The number of hydrogen-bond donors (Lipinski definition) is 2. The molecule has 29 heavy (non-hydrogen) atoms. The van der Waals surface area contributed by atoms with Crippen LogP contribution in [0.4, 0.5) is 20.2 Å². The van der Waals surface area contributed by atoms with E-state index in [0.29, 0.717) is 11.8 Å². The second kappa shape index (κ2) is 8.60. The average molecular weight is 395 g/mol. The van der Waals surface area contributed by atoms with E-state index in [-0.39, 0.29) is 22.9 Å². The highest BCUT2D eigenvalue weighted by Gasteiger charge is 2.15. The maximum Gasteiger partial charge on any atom is 0.274 e. The quantitative estimate of drug-likeness (QED) is 0.640. The smallest absolute Gasteiger partial charge is 0.274 e. The lowest BCUT2D eigenvalue weighted by atomic mass is 10.0. The van der Waals surface area contributed by atoms with Gasteiger partial charge in [0, 0.05) is 23.5 Å². The van der Waals surface area contributed by atoms with Crippen molar-refractivity contribution in [2.45, 2.75) is 19.8 Å². The van der Waals surface area contributed by atoms with Crippen LogP contribution in [0.1, 0.15) is 46.2 Å². The lowest BCUT2D eigenvalue weighted by Crippen LogP contribution is -2.18. The van der Waals surface area contributed by atoms with Crippen molar-refractivity contribution in [2.75, 3.05) is 10.6 Å². The summed E-state index contributed by atoms with van der Waals surface area (Å²) < 4.78 is 26.7. The highest BCUT2D eigenvalue weighted by molar-refractivity contribution is 6.08. The van der Waals surface area contributed by atoms with Gasteiger partial charge >= 0.3 is 0 Å². The molecule has 1 heterocycles. The second-order valence-corrected chi connectivity index (χ2v) is 6.70. The van der Waals surface area contributed by atoms with Gasteiger partial charge in [0.1, 0.15) is 17.3 Å². The molecule has 0 fully saturated rings. The minimum atomic E-state index is -0.905. The van der Waals surface area contributed by atoms with Crippen LogP contribution in [0.3, 0.4) is 0 Å². The van der Waals surface area contributed by atoms with Crippen molar-refractivity contribution in [3.8, 4) is 0 Å². The molecule has 2 N–H and O–H groups in total. The second-order valence-electron chi connectivity index (χ2n) is 6.70. The summed E-state index contributed by atoms with van der Waals surface area (Å²) in [5, 5.41) is 5.16. The summed E-state index contributed by atoms with van der Waals surface area (Å²) in [5.41, 5.74) is 1.64. The van der Waals surface area contributed by atoms with Crippen molar-refractivity contribution < 1.29 is 18.4 Å². The molecule has 0 spiro atoms. The largest absolute Gasteiger partial charge is 0.322 e. The Morgan fingerprint density at radius 1 is 0.897 bits per heavy atom. The number of nitrogens with one attached hydrogen (secondary N) is 2. The van der Waals surface area contributed by atoms with Gasteiger partial charge in [0.25, 0.3) is 11.8 Å². The van der Waals surface area contributed by atoms with Gasteiger partial charge in [-0.15, -0.1) is 0 Å². The van der Waals surface area contributed by atoms with E-state index in [0.717, 1.165) is 17.7 Å². The van der Waals surface area contributed by atoms with Crippen LogP contribution in [0.2, 0.25) is 0 Å². The summed E-state index contributed by atoms with van der Waals surface area (Å²) in [6.07, 6.45) is 1.32. The van der Waals surface area contributed by atoms with Crippen molar-refractivity contribution in [1.82, 2.24) is 4.98 Å². The number of amides is 2. The zero-order valence-corrected chi connectivity index (χ0v) is 15.9. The molecular weight excluding hydrogens is 376 g/mol. The number of para-hydroxylation sites is 1. The summed E-state index contributed by atoms with van der Waals surface area (Å²) in [4.78, 5) is 28.9. The fourth-order valence-electron chi connectivity index (χ4n) is 2.78. The zero-order valence-electron chi connectivity index (χ0n) is 15.9. The number of pyridine rings is 1. The van der Waals surface area contributed by atoms with Crippen molar-refractivity contribution in [3.05, 3.63) is 89.2 Å². The molecule has 0 atom stereocenters. The normalized spacial score (nSPS) is 10.7. The molecule has 3 aromatic rings. The van der Waals surface area contributed by atoms with Gasteiger partial charge in [-0.3, -0.25) is 14.6 Å². The monoisotopic (exact) mass is 395 g/mol. The summed E-state index contributed by atoms with van der Waals surface area (Å²) in [6, 6.07) is 13.1. The van der Waals surface area contributed by atoms with Crippen LogP contribution in [0.25, 0.3) is 0 Å². The first-order chi connectivity index (χ1) is 13.8. The zero-order chi connectivity index (χ0) is 21.0. The lowest BCUT2D eigenvalue weighted by molar-refractivity contribution is 0.102. The predicted octanol–water partition coefficient (Wildman–Crippen LogP) is 4.99. The number of benzene rings is 2. The van der Waals surface area contributed by atoms with Crippen LogP contribution in [0.5, 0.6) is 0 Å². The van der Waals surface area contributed by atoms with Gasteiger partial charge in [-0.05, 0) is 41.8 Å². The molecule has 0 aliphatic heterocycles. The van der Waals surface area contributed by atoms with Crippen LogP contribution in [0, 0.1) is 11.6 Å². The fraction of sp³-hybridized carbons (Fsp3) is 0.136. The fourth-order valence-corrected chi connectivity index (χ4v) is 2.78. The molecule has 3 rings (SSSR count). The summed E-state index contributed by atoms with van der Waals surface area (Å²) >= 11 is 0. The first kappa shape index (κ1) is 20.1. The van der Waals surface area contributed by atoms with E-state index in [9.17, 15) is 18.4 Å². The van der Waals surface area contributed by atoms with Crippen molar-refractivity contribution >= 4 is 23.2 Å². The molecule has 0 radical (unpaired) electrons. The van der Waals surface area contributed by atoms with E-state index in [1.807, 2.05) is 32.0 Å². The molecule has 0 saturated heterocycles. The van der Waals surface area contributed by atoms with Gasteiger partial charge in [-0.1, -0.05) is 32.0 Å². The van der Waals surface area contributed by atoms with Gasteiger partial charge in [0.05, 0.1) is 5.69 Å². The highest BCUT2D eigenvalue weighted by atomic mass is 19.1. The lowest BCUT2D eigenvalue weighted by Gasteiger charge is -2.14. The van der Waals surface area contributed by atoms with Crippen molar-refractivity contribution in [3.63, 3.8) is 0 Å². The van der Waals surface area contributed by atoms with E-state index in [2.05, 4.69) is 15.6 Å². The topological polar surface area (TPSA) is 71.1 Å². The molecule has 0 aliphatic carbocycles. The van der Waals surface area contributed by atoms with Crippen LogP contribution < -0.4 is 10.6 Å². The Morgan fingerprint density at radius 2 is 1.62 bits per heavy atom. The van der Waals surface area contributed by atoms with Crippen molar-refractivity contribution in [2.24, 2.45) is 0 Å². The Bertz CT molecular complexity index is 1070. The van der Waals surface area contributed by atoms with Crippen LogP contribution in [-0.2, 0) is 0 Å². The number of anilines is 2. The average Bonchev–Trinajstić information content (AvgIpc) is 2.70. The van der Waals surface area contributed by atoms with Crippen LogP contribution in [-0.4, -0.2) is 16.8 Å². The predicted molar refractivity (Wildman–Crippen MR) is 107 cm³/mol. The van der Waals surface area contributed by atoms with E-state index in [1.165, 1.54) is 18.3 Å². The van der Waals surface area contributed by atoms with E-state index in [4.69, 9.17) is 0 Å². The third-order valence-electron chi connectivity index (χ3n) is 4.27. The standard InChI is InChI=1S/C22H19F2N3O2/c1-13(2)16-5-3-4-6-18(16)26-21(28)14-9-10-25-20(11-14)22(29)27-19-8-7-15(23)12-17(19)24/h3-13H,1-2H3,(H,26,28)(H,27,29). The molecule has 7 heteroatoms. The molecule has 1 aromatic heterocycles. The maximum atomic E-state index is 13.7. The number of halogens is 2. The maximum absolute atomic E-state index is 13.7. The summed E-state index contributed by atoms with van der Waals surface area (Å²) in [5.74, 6) is -2.55. The number of aromatic nitrogens is 1. The van der Waals surface area contributed by atoms with Gasteiger partial charge in [0.15, 0.2) is 0 Å². The molecular formula is C22H19F2N3O2. The minimum absolute atomic E-state index is 0.0708. The molecule has 5 nitrogen and oxygen atoms in total. The van der Waals surface area contributed by atoms with Crippen molar-refractivity contribution in [1.29, 1.82) is 0 Å². The van der Waals surface area contributed by atoms with Gasteiger partial charge in [-0.2, -0.15) is 0 Å². The SMILES string of the molecule is CC(C)c1ccccc1NC(=O)c1ccnc(C(=O)Nc2ccc(F)cc2F)c1. The first-order valence-corrected chi connectivity index (χ1v) is 8.98. The number of rotatable bonds is 5. The molecule has 0 unspecified atom stereocenters. The van der Waals surface area contributed by atoms with Gasteiger partial charge in [0.2, 0.25) is 0 Å². The number of carbonyl (C=O) groups is 2. The number of hydrogen-bond acceptors (Lipinski definition) is 3. The van der Waals surface area contributed by atoms with E-state index in [1.54, 1.807) is 6.07 Å².